The number of nitrogens with one attached hydrogen (secondary N) is 1. The van der Waals surface area contributed by atoms with Gasteiger partial charge in [0.2, 0.25) is 0 Å². The second kappa shape index (κ2) is 10.3. The third-order valence-electron chi connectivity index (χ3n) is 4.47. The van der Waals surface area contributed by atoms with Crippen molar-refractivity contribution in [2.24, 2.45) is 0 Å². The molecule has 0 saturated heterocycles. The number of benzene rings is 3. The van der Waals surface area contributed by atoms with Crippen molar-refractivity contribution < 1.29 is 13.9 Å². The second-order valence-electron chi connectivity index (χ2n) is 6.67. The summed E-state index contributed by atoms with van der Waals surface area (Å²) in [6, 6.07) is 13.5. The van der Waals surface area contributed by atoms with E-state index in [4.69, 9.17) is 44.3 Å². The van der Waals surface area contributed by atoms with Crippen molar-refractivity contribution in [1.82, 2.24) is 0 Å². The zero-order valence-electron chi connectivity index (χ0n) is 16.6. The van der Waals surface area contributed by atoms with Crippen molar-refractivity contribution in [1.29, 1.82) is 0 Å². The summed E-state index contributed by atoms with van der Waals surface area (Å²) in [5.74, 6) is 0.664. The lowest BCUT2D eigenvalue weighted by atomic mass is 10.1. The quantitative estimate of drug-likeness (QED) is 0.368. The summed E-state index contributed by atoms with van der Waals surface area (Å²) in [6.07, 6.45) is 0. The molecule has 0 aliphatic heterocycles. The van der Waals surface area contributed by atoms with Crippen LogP contribution >= 0.6 is 34.8 Å². The fourth-order valence-corrected chi connectivity index (χ4v) is 3.41. The Morgan fingerprint density at radius 1 is 0.833 bits per heavy atom. The minimum Gasteiger partial charge on any atom is -0.490 e. The van der Waals surface area contributed by atoms with Crippen LogP contribution in [0.4, 0.5) is 10.1 Å². The molecule has 0 bridgehead atoms. The Labute approximate surface area is 190 Å². The maximum atomic E-state index is 13.2. The van der Waals surface area contributed by atoms with E-state index < -0.39 is 5.82 Å². The first kappa shape index (κ1) is 22.5. The minimum atomic E-state index is -0.395. The molecule has 0 aliphatic rings. The van der Waals surface area contributed by atoms with E-state index in [1.807, 2.05) is 38.1 Å². The predicted molar refractivity (Wildman–Crippen MR) is 122 cm³/mol. The molecule has 0 unspecified atom stereocenters. The average Bonchev–Trinajstić information content (AvgIpc) is 2.70. The molecule has 0 fully saturated rings. The van der Waals surface area contributed by atoms with Crippen LogP contribution in [0.2, 0.25) is 15.1 Å². The SMILES string of the molecule is CCOc1cc(CNc2ccc(C)c(Cl)c2)c(Cl)cc1OCc1ccc(F)cc1Cl. The Bertz CT molecular complexity index is 1040. The van der Waals surface area contributed by atoms with E-state index in [0.29, 0.717) is 45.3 Å². The Morgan fingerprint density at radius 3 is 2.27 bits per heavy atom. The van der Waals surface area contributed by atoms with E-state index in [0.717, 1.165) is 16.8 Å². The van der Waals surface area contributed by atoms with Crippen molar-refractivity contribution in [2.45, 2.75) is 27.0 Å². The van der Waals surface area contributed by atoms with Crippen molar-refractivity contribution in [3.05, 3.63) is 86.1 Å². The third kappa shape index (κ3) is 5.72. The Balaban J connectivity index is 1.76. The number of anilines is 1. The van der Waals surface area contributed by atoms with E-state index in [1.54, 1.807) is 12.1 Å². The summed E-state index contributed by atoms with van der Waals surface area (Å²) in [4.78, 5) is 0. The fourth-order valence-electron chi connectivity index (χ4n) is 2.79. The maximum absolute atomic E-state index is 13.2. The first-order valence-corrected chi connectivity index (χ1v) is 10.5. The smallest absolute Gasteiger partial charge is 0.163 e. The van der Waals surface area contributed by atoms with Gasteiger partial charge < -0.3 is 14.8 Å². The van der Waals surface area contributed by atoms with Gasteiger partial charge in [0.05, 0.1) is 11.6 Å². The molecule has 3 aromatic rings. The average molecular weight is 469 g/mol. The summed E-state index contributed by atoms with van der Waals surface area (Å²) >= 11 is 18.7. The molecule has 0 radical (unpaired) electrons. The van der Waals surface area contributed by atoms with Crippen molar-refractivity contribution >= 4 is 40.5 Å². The molecule has 0 spiro atoms. The van der Waals surface area contributed by atoms with Crippen molar-refractivity contribution in [3.8, 4) is 11.5 Å². The standard InChI is InChI=1S/C23H21Cl3FNO2/c1-3-29-22-8-16(12-28-18-7-4-14(2)19(24)10-18)21(26)11-23(22)30-13-15-5-6-17(27)9-20(15)25/h4-11,28H,3,12-13H2,1-2H3. The lowest BCUT2D eigenvalue weighted by Gasteiger charge is -2.16. The first-order valence-electron chi connectivity index (χ1n) is 9.39. The molecule has 0 amide bonds. The summed E-state index contributed by atoms with van der Waals surface area (Å²) in [6.45, 7) is 4.96. The largest absolute Gasteiger partial charge is 0.490 e. The Kier molecular flexibility index (Phi) is 7.70. The molecular formula is C23H21Cl3FNO2. The van der Waals surface area contributed by atoms with Crippen LogP contribution in [-0.4, -0.2) is 6.61 Å². The molecular weight excluding hydrogens is 448 g/mol. The molecule has 1 N–H and O–H groups in total. The summed E-state index contributed by atoms with van der Waals surface area (Å²) < 4.78 is 24.8. The monoisotopic (exact) mass is 467 g/mol. The van der Waals surface area contributed by atoms with Crippen LogP contribution in [0.15, 0.2) is 48.5 Å². The molecule has 158 valence electrons. The number of ether oxygens (including phenoxy) is 2. The molecule has 30 heavy (non-hydrogen) atoms. The van der Waals surface area contributed by atoms with Crippen molar-refractivity contribution in [2.75, 3.05) is 11.9 Å². The molecule has 3 nitrogen and oxygen atoms in total. The van der Waals surface area contributed by atoms with Crippen LogP contribution < -0.4 is 14.8 Å². The zero-order chi connectivity index (χ0) is 21.7. The van der Waals surface area contributed by atoms with Gasteiger partial charge in [0.15, 0.2) is 11.5 Å². The molecule has 0 heterocycles. The summed E-state index contributed by atoms with van der Waals surface area (Å²) in [7, 11) is 0. The number of aryl methyl sites for hydroxylation is 1. The molecule has 0 atom stereocenters. The van der Waals surface area contributed by atoms with Gasteiger partial charge in [-0.15, -0.1) is 0 Å². The van der Waals surface area contributed by atoms with Gasteiger partial charge in [-0.1, -0.05) is 46.9 Å². The van der Waals surface area contributed by atoms with E-state index in [2.05, 4.69) is 5.32 Å². The highest BCUT2D eigenvalue weighted by molar-refractivity contribution is 6.32. The van der Waals surface area contributed by atoms with Crippen LogP contribution in [0.25, 0.3) is 0 Å². The topological polar surface area (TPSA) is 30.5 Å². The Hall–Kier alpha value is -2.14. The highest BCUT2D eigenvalue weighted by atomic mass is 35.5. The van der Waals surface area contributed by atoms with E-state index in [1.165, 1.54) is 12.1 Å². The van der Waals surface area contributed by atoms with Gasteiger partial charge >= 0.3 is 0 Å². The van der Waals surface area contributed by atoms with Gasteiger partial charge in [-0.25, -0.2) is 4.39 Å². The maximum Gasteiger partial charge on any atom is 0.163 e. The van der Waals surface area contributed by atoms with Gasteiger partial charge in [0, 0.05) is 33.9 Å². The highest BCUT2D eigenvalue weighted by Gasteiger charge is 2.13. The number of rotatable bonds is 8. The van der Waals surface area contributed by atoms with Crippen LogP contribution in [-0.2, 0) is 13.2 Å². The van der Waals surface area contributed by atoms with E-state index >= 15 is 0 Å². The van der Waals surface area contributed by atoms with E-state index in [-0.39, 0.29) is 6.61 Å². The Morgan fingerprint density at radius 2 is 1.57 bits per heavy atom. The molecule has 3 aromatic carbocycles. The fraction of sp³-hybridized carbons (Fsp3) is 0.217. The van der Waals surface area contributed by atoms with Crippen LogP contribution in [0.5, 0.6) is 11.5 Å². The van der Waals surface area contributed by atoms with Gasteiger partial charge in [0.1, 0.15) is 12.4 Å². The third-order valence-corrected chi connectivity index (χ3v) is 5.58. The van der Waals surface area contributed by atoms with Crippen LogP contribution in [0, 0.1) is 12.7 Å². The van der Waals surface area contributed by atoms with Crippen LogP contribution in [0.3, 0.4) is 0 Å². The molecule has 7 heteroatoms. The van der Waals surface area contributed by atoms with Gasteiger partial charge in [-0.3, -0.25) is 0 Å². The lowest BCUT2D eigenvalue weighted by molar-refractivity contribution is 0.269. The van der Waals surface area contributed by atoms with E-state index in [9.17, 15) is 4.39 Å². The normalized spacial score (nSPS) is 10.7. The number of hydrogen-bond acceptors (Lipinski definition) is 3. The van der Waals surface area contributed by atoms with Crippen molar-refractivity contribution in [3.63, 3.8) is 0 Å². The first-order chi connectivity index (χ1) is 14.4. The summed E-state index contributed by atoms with van der Waals surface area (Å²) in [5, 5.41) is 4.84. The number of hydrogen-bond donors (Lipinski definition) is 1. The second-order valence-corrected chi connectivity index (χ2v) is 7.89. The molecule has 0 aromatic heterocycles. The minimum absolute atomic E-state index is 0.162. The van der Waals surface area contributed by atoms with Gasteiger partial charge in [0.25, 0.3) is 0 Å². The lowest BCUT2D eigenvalue weighted by Crippen LogP contribution is -2.04. The molecule has 0 aliphatic carbocycles. The predicted octanol–water partition coefficient (Wildman–Crippen LogP) is 7.68. The highest BCUT2D eigenvalue weighted by Crippen LogP contribution is 2.35. The van der Waals surface area contributed by atoms with Gasteiger partial charge in [-0.2, -0.15) is 0 Å². The number of halogens is 4. The van der Waals surface area contributed by atoms with Crippen LogP contribution in [0.1, 0.15) is 23.6 Å². The zero-order valence-corrected chi connectivity index (χ0v) is 18.8. The summed E-state index contributed by atoms with van der Waals surface area (Å²) in [5.41, 5.74) is 3.43. The molecule has 0 saturated carbocycles. The molecule has 3 rings (SSSR count). The van der Waals surface area contributed by atoms with Gasteiger partial charge in [-0.05, 0) is 55.3 Å².